The van der Waals surface area contributed by atoms with Crippen molar-refractivity contribution in [2.75, 3.05) is 0 Å². The molecule has 0 amide bonds. The third-order valence-corrected chi connectivity index (χ3v) is 4.76. The number of aryl methyl sites for hydroxylation is 4. The van der Waals surface area contributed by atoms with Crippen LogP contribution in [0.25, 0.3) is 33.9 Å². The molecule has 4 aromatic rings. The van der Waals surface area contributed by atoms with Crippen molar-refractivity contribution in [1.82, 2.24) is 19.1 Å². The van der Waals surface area contributed by atoms with E-state index in [4.69, 9.17) is 0 Å². The SMILES string of the molecule is Cc1ccc(-c2ccc(C)cc2-c2nccn2C)c(-c2nccn2C)c1. The van der Waals surface area contributed by atoms with Gasteiger partial charge in [-0.1, -0.05) is 35.4 Å². The summed E-state index contributed by atoms with van der Waals surface area (Å²) in [7, 11) is 4.06. The number of imidazole rings is 2. The van der Waals surface area contributed by atoms with Gasteiger partial charge in [0.2, 0.25) is 0 Å². The summed E-state index contributed by atoms with van der Waals surface area (Å²) < 4.78 is 4.12. The average Bonchev–Trinajstić information content (AvgIpc) is 3.23. The van der Waals surface area contributed by atoms with Crippen LogP contribution in [0.4, 0.5) is 0 Å². The Morgan fingerprint density at radius 1 is 0.615 bits per heavy atom. The minimum Gasteiger partial charge on any atom is -0.334 e. The fraction of sp³-hybridized carbons (Fsp3) is 0.182. The van der Waals surface area contributed by atoms with Gasteiger partial charge in [-0.05, 0) is 37.1 Å². The van der Waals surface area contributed by atoms with Crippen LogP contribution in [0.15, 0.2) is 61.2 Å². The Bertz CT molecular complexity index is 997. The molecule has 0 aliphatic heterocycles. The highest BCUT2D eigenvalue weighted by molar-refractivity contribution is 5.89. The summed E-state index contributed by atoms with van der Waals surface area (Å²) in [6.07, 6.45) is 7.65. The second-order valence-corrected chi connectivity index (χ2v) is 6.82. The summed E-state index contributed by atoms with van der Waals surface area (Å²) in [6.45, 7) is 4.23. The second-order valence-electron chi connectivity index (χ2n) is 6.82. The van der Waals surface area contributed by atoms with E-state index < -0.39 is 0 Å². The zero-order chi connectivity index (χ0) is 18.3. The summed E-state index contributed by atoms with van der Waals surface area (Å²) in [6, 6.07) is 13.1. The lowest BCUT2D eigenvalue weighted by atomic mass is 9.92. The third kappa shape index (κ3) is 2.73. The lowest BCUT2D eigenvalue weighted by molar-refractivity contribution is 0.923. The van der Waals surface area contributed by atoms with Gasteiger partial charge >= 0.3 is 0 Å². The van der Waals surface area contributed by atoms with Crippen LogP contribution in [0.5, 0.6) is 0 Å². The van der Waals surface area contributed by atoms with Gasteiger partial charge in [-0.15, -0.1) is 0 Å². The number of nitrogens with zero attached hydrogens (tertiary/aromatic N) is 4. The molecule has 0 radical (unpaired) electrons. The standard InChI is InChI=1S/C22H22N4/c1-15-5-7-17(19(13-15)21-23-9-11-25(21)3)18-8-6-16(2)14-20(18)22-24-10-12-26(22)4/h5-14H,1-4H3. The molecule has 0 N–H and O–H groups in total. The van der Waals surface area contributed by atoms with E-state index in [1.165, 1.54) is 22.3 Å². The zero-order valence-electron chi connectivity index (χ0n) is 15.6. The summed E-state index contributed by atoms with van der Waals surface area (Å²) >= 11 is 0. The van der Waals surface area contributed by atoms with E-state index in [-0.39, 0.29) is 0 Å². The molecule has 0 bridgehead atoms. The van der Waals surface area contributed by atoms with Crippen LogP contribution in [-0.4, -0.2) is 19.1 Å². The van der Waals surface area contributed by atoms with Gasteiger partial charge in [0.05, 0.1) is 0 Å². The molecule has 2 heterocycles. The maximum atomic E-state index is 4.58. The first kappa shape index (κ1) is 16.3. The van der Waals surface area contributed by atoms with Crippen molar-refractivity contribution < 1.29 is 0 Å². The Morgan fingerprint density at radius 3 is 1.38 bits per heavy atom. The largest absolute Gasteiger partial charge is 0.334 e. The molecule has 26 heavy (non-hydrogen) atoms. The van der Waals surface area contributed by atoms with Crippen molar-refractivity contribution in [3.05, 3.63) is 72.3 Å². The molecule has 0 atom stereocenters. The lowest BCUT2D eigenvalue weighted by Crippen LogP contribution is -1.98. The molecule has 4 heteroatoms. The minimum absolute atomic E-state index is 0.968. The minimum atomic E-state index is 0.968. The predicted octanol–water partition coefficient (Wildman–Crippen LogP) is 4.77. The van der Waals surface area contributed by atoms with Gasteiger partial charge in [-0.25, -0.2) is 9.97 Å². The Kier molecular flexibility index (Phi) is 3.96. The zero-order valence-corrected chi connectivity index (χ0v) is 15.6. The number of rotatable bonds is 3. The van der Waals surface area contributed by atoms with Crippen molar-refractivity contribution in [3.8, 4) is 33.9 Å². The monoisotopic (exact) mass is 342 g/mol. The van der Waals surface area contributed by atoms with Crippen LogP contribution in [0.1, 0.15) is 11.1 Å². The number of hydrogen-bond acceptors (Lipinski definition) is 2. The Hall–Kier alpha value is -3.14. The van der Waals surface area contributed by atoms with Crippen LogP contribution >= 0.6 is 0 Å². The van der Waals surface area contributed by atoms with E-state index >= 15 is 0 Å². The molecule has 0 spiro atoms. The van der Waals surface area contributed by atoms with Gasteiger partial charge in [0, 0.05) is 50.0 Å². The molecule has 4 rings (SSSR count). The predicted molar refractivity (Wildman–Crippen MR) is 106 cm³/mol. The Morgan fingerprint density at radius 2 is 1.04 bits per heavy atom. The lowest BCUT2D eigenvalue weighted by Gasteiger charge is -2.15. The van der Waals surface area contributed by atoms with Gasteiger partial charge in [0.25, 0.3) is 0 Å². The van der Waals surface area contributed by atoms with E-state index in [0.29, 0.717) is 0 Å². The summed E-state index contributed by atoms with van der Waals surface area (Å²) in [5.74, 6) is 1.94. The Labute approximate surface area is 153 Å². The van der Waals surface area contributed by atoms with Crippen LogP contribution in [0.3, 0.4) is 0 Å². The van der Waals surface area contributed by atoms with E-state index in [9.17, 15) is 0 Å². The molecule has 0 aliphatic rings. The van der Waals surface area contributed by atoms with Gasteiger partial charge < -0.3 is 9.13 Å². The van der Waals surface area contributed by atoms with Gasteiger partial charge in [0.1, 0.15) is 11.6 Å². The molecule has 0 fully saturated rings. The van der Waals surface area contributed by atoms with Crippen molar-refractivity contribution >= 4 is 0 Å². The van der Waals surface area contributed by atoms with E-state index in [0.717, 1.165) is 22.8 Å². The van der Waals surface area contributed by atoms with E-state index in [1.807, 2.05) is 38.9 Å². The van der Waals surface area contributed by atoms with Gasteiger partial charge in [-0.3, -0.25) is 0 Å². The second kappa shape index (κ2) is 6.30. The molecule has 0 unspecified atom stereocenters. The number of benzene rings is 2. The molecule has 0 saturated heterocycles. The highest BCUT2D eigenvalue weighted by Crippen LogP contribution is 2.38. The summed E-state index contributed by atoms with van der Waals surface area (Å²) in [5.41, 5.74) is 7.05. The van der Waals surface area contributed by atoms with Crippen molar-refractivity contribution in [2.24, 2.45) is 14.1 Å². The maximum absolute atomic E-state index is 4.58. The normalized spacial score (nSPS) is 11.1. The van der Waals surface area contributed by atoms with E-state index in [2.05, 4.69) is 69.3 Å². The first-order valence-electron chi connectivity index (χ1n) is 8.71. The first-order chi connectivity index (χ1) is 12.5. The fourth-order valence-electron chi connectivity index (χ4n) is 3.41. The van der Waals surface area contributed by atoms with Gasteiger partial charge in [-0.2, -0.15) is 0 Å². The van der Waals surface area contributed by atoms with Crippen LogP contribution in [-0.2, 0) is 14.1 Å². The number of hydrogen-bond donors (Lipinski definition) is 0. The molecule has 0 saturated carbocycles. The van der Waals surface area contributed by atoms with Crippen LogP contribution < -0.4 is 0 Å². The highest BCUT2D eigenvalue weighted by Gasteiger charge is 2.17. The Balaban J connectivity index is 2.01. The highest BCUT2D eigenvalue weighted by atomic mass is 15.0. The molecule has 2 aromatic carbocycles. The fourth-order valence-corrected chi connectivity index (χ4v) is 3.41. The molecule has 4 nitrogen and oxygen atoms in total. The maximum Gasteiger partial charge on any atom is 0.140 e. The molecule has 2 aromatic heterocycles. The molecule has 0 aliphatic carbocycles. The van der Waals surface area contributed by atoms with E-state index in [1.54, 1.807) is 0 Å². The summed E-state index contributed by atoms with van der Waals surface area (Å²) in [5, 5.41) is 0. The smallest absolute Gasteiger partial charge is 0.140 e. The van der Waals surface area contributed by atoms with Crippen molar-refractivity contribution in [1.29, 1.82) is 0 Å². The quantitative estimate of drug-likeness (QED) is 0.537. The van der Waals surface area contributed by atoms with Crippen molar-refractivity contribution in [2.45, 2.75) is 13.8 Å². The van der Waals surface area contributed by atoms with Crippen molar-refractivity contribution in [3.63, 3.8) is 0 Å². The number of aromatic nitrogens is 4. The van der Waals surface area contributed by atoms with Crippen LogP contribution in [0, 0.1) is 13.8 Å². The molecular formula is C22H22N4. The molecule has 130 valence electrons. The topological polar surface area (TPSA) is 35.6 Å². The summed E-state index contributed by atoms with van der Waals surface area (Å²) in [4.78, 5) is 9.17. The van der Waals surface area contributed by atoms with Gasteiger partial charge in [0.15, 0.2) is 0 Å². The van der Waals surface area contributed by atoms with Crippen LogP contribution in [0.2, 0.25) is 0 Å². The average molecular weight is 342 g/mol. The first-order valence-corrected chi connectivity index (χ1v) is 8.71. The molecular weight excluding hydrogens is 320 g/mol. The third-order valence-electron chi connectivity index (χ3n) is 4.76.